The molecular formula is C18H18N6OS. The average Bonchev–Trinajstić information content (AvgIpc) is 3.13. The van der Waals surface area contributed by atoms with E-state index in [2.05, 4.69) is 31.3 Å². The van der Waals surface area contributed by atoms with Gasteiger partial charge in [0.25, 0.3) is 5.91 Å². The first-order valence-electron chi connectivity index (χ1n) is 8.40. The first-order chi connectivity index (χ1) is 12.7. The zero-order chi connectivity index (χ0) is 18.0. The van der Waals surface area contributed by atoms with Crippen LogP contribution in [0.1, 0.15) is 34.6 Å². The molecule has 3 heterocycles. The second-order valence-electron chi connectivity index (χ2n) is 6.39. The van der Waals surface area contributed by atoms with Gasteiger partial charge in [-0.1, -0.05) is 12.5 Å². The van der Waals surface area contributed by atoms with Gasteiger partial charge >= 0.3 is 0 Å². The third-order valence-corrected chi connectivity index (χ3v) is 5.81. The molecule has 0 aromatic carbocycles. The van der Waals surface area contributed by atoms with Crippen LogP contribution in [-0.2, 0) is 5.41 Å². The minimum absolute atomic E-state index is 0.0645. The number of nitrogens with two attached hydrogens (primary N) is 1. The van der Waals surface area contributed by atoms with E-state index in [0.29, 0.717) is 15.8 Å². The quantitative estimate of drug-likeness (QED) is 0.694. The van der Waals surface area contributed by atoms with Crippen LogP contribution in [0.3, 0.4) is 0 Å². The summed E-state index contributed by atoms with van der Waals surface area (Å²) >= 11 is 1.23. The molecule has 0 radical (unpaired) electrons. The summed E-state index contributed by atoms with van der Waals surface area (Å²) in [6.07, 6.45) is 10.2. The fourth-order valence-corrected chi connectivity index (χ4v) is 3.85. The van der Waals surface area contributed by atoms with Crippen molar-refractivity contribution in [1.29, 1.82) is 0 Å². The van der Waals surface area contributed by atoms with Crippen LogP contribution in [0.2, 0.25) is 0 Å². The first-order valence-corrected chi connectivity index (χ1v) is 9.21. The summed E-state index contributed by atoms with van der Waals surface area (Å²) in [5.74, 6) is 0.0934. The Morgan fingerprint density at radius 3 is 2.54 bits per heavy atom. The summed E-state index contributed by atoms with van der Waals surface area (Å²) in [6, 6.07) is 6.05. The molecule has 3 N–H and O–H groups in total. The second-order valence-corrected chi connectivity index (χ2v) is 7.42. The number of primary amides is 1. The standard InChI is InChI=1S/C18H18N6OS/c19-15(25)13-10-21-16(26-13)12-8-22-17(23-9-12)24-11-18(5-3-6-18)14-4-1-2-7-20-14/h1-2,4,7-10H,3,5-6,11H2,(H2,19,25)(H,22,23,24). The van der Waals surface area contributed by atoms with E-state index in [-0.39, 0.29) is 5.41 Å². The van der Waals surface area contributed by atoms with Crippen LogP contribution in [0.4, 0.5) is 5.95 Å². The van der Waals surface area contributed by atoms with E-state index in [1.54, 1.807) is 12.4 Å². The number of nitrogens with one attached hydrogen (secondary N) is 1. The predicted molar refractivity (Wildman–Crippen MR) is 99.9 cm³/mol. The molecule has 3 aromatic heterocycles. The summed E-state index contributed by atoms with van der Waals surface area (Å²) in [4.78, 5) is 29.1. The summed E-state index contributed by atoms with van der Waals surface area (Å²) in [5.41, 5.74) is 7.21. The van der Waals surface area contributed by atoms with Gasteiger partial charge in [-0.05, 0) is 25.0 Å². The summed E-state index contributed by atoms with van der Waals surface area (Å²) in [5, 5.41) is 4.01. The van der Waals surface area contributed by atoms with E-state index in [1.807, 2.05) is 18.3 Å². The number of hydrogen-bond donors (Lipinski definition) is 2. The van der Waals surface area contributed by atoms with Crippen LogP contribution in [0.25, 0.3) is 10.6 Å². The van der Waals surface area contributed by atoms with Crippen molar-refractivity contribution in [2.45, 2.75) is 24.7 Å². The maximum atomic E-state index is 11.2. The van der Waals surface area contributed by atoms with Gasteiger partial charge in [0.1, 0.15) is 9.88 Å². The number of aromatic nitrogens is 4. The number of carbonyl (C=O) groups is 1. The molecule has 0 saturated heterocycles. The fourth-order valence-electron chi connectivity index (χ4n) is 3.10. The van der Waals surface area contributed by atoms with E-state index in [4.69, 9.17) is 5.73 Å². The van der Waals surface area contributed by atoms with Gasteiger partial charge in [0.05, 0.1) is 6.20 Å². The van der Waals surface area contributed by atoms with E-state index in [0.717, 1.165) is 30.6 Å². The number of carbonyl (C=O) groups excluding carboxylic acids is 1. The molecule has 0 unspecified atom stereocenters. The zero-order valence-corrected chi connectivity index (χ0v) is 14.9. The fraction of sp³-hybridized carbons (Fsp3) is 0.278. The van der Waals surface area contributed by atoms with Gasteiger partial charge in [0.2, 0.25) is 5.95 Å². The third kappa shape index (κ3) is 3.15. The molecule has 1 saturated carbocycles. The zero-order valence-electron chi connectivity index (χ0n) is 14.1. The van der Waals surface area contributed by atoms with E-state index < -0.39 is 5.91 Å². The van der Waals surface area contributed by atoms with Gasteiger partial charge in [0.15, 0.2) is 0 Å². The highest BCUT2D eigenvalue weighted by Crippen LogP contribution is 2.42. The molecule has 7 nitrogen and oxygen atoms in total. The van der Waals surface area contributed by atoms with Crippen LogP contribution in [0.15, 0.2) is 43.0 Å². The highest BCUT2D eigenvalue weighted by molar-refractivity contribution is 7.16. The number of pyridine rings is 1. The Bertz CT molecular complexity index is 905. The maximum Gasteiger partial charge on any atom is 0.260 e. The summed E-state index contributed by atoms with van der Waals surface area (Å²) < 4.78 is 0. The van der Waals surface area contributed by atoms with Gasteiger partial charge < -0.3 is 11.1 Å². The van der Waals surface area contributed by atoms with Crippen LogP contribution >= 0.6 is 11.3 Å². The van der Waals surface area contributed by atoms with Crippen molar-refractivity contribution in [1.82, 2.24) is 19.9 Å². The molecule has 1 amide bonds. The Hall–Kier alpha value is -2.87. The van der Waals surface area contributed by atoms with Crippen LogP contribution in [-0.4, -0.2) is 32.4 Å². The van der Waals surface area contributed by atoms with Crippen LogP contribution in [0, 0.1) is 0 Å². The van der Waals surface area contributed by atoms with Crippen LogP contribution in [0.5, 0.6) is 0 Å². The normalized spacial score (nSPS) is 15.2. The van der Waals surface area contributed by atoms with Crippen LogP contribution < -0.4 is 11.1 Å². The number of rotatable bonds is 6. The first kappa shape index (κ1) is 16.6. The smallest absolute Gasteiger partial charge is 0.260 e. The Balaban J connectivity index is 1.45. The molecule has 0 spiro atoms. The molecule has 1 aliphatic carbocycles. The average molecular weight is 366 g/mol. The molecule has 0 atom stereocenters. The lowest BCUT2D eigenvalue weighted by Gasteiger charge is -2.41. The molecule has 1 fully saturated rings. The maximum absolute atomic E-state index is 11.2. The van der Waals surface area contributed by atoms with Gasteiger partial charge in [0, 0.05) is 41.8 Å². The summed E-state index contributed by atoms with van der Waals surface area (Å²) in [6.45, 7) is 0.756. The monoisotopic (exact) mass is 366 g/mol. The third-order valence-electron chi connectivity index (χ3n) is 4.75. The van der Waals surface area contributed by atoms with Crippen molar-refractivity contribution in [3.05, 3.63) is 53.6 Å². The topological polar surface area (TPSA) is 107 Å². The van der Waals surface area contributed by atoms with Gasteiger partial charge in [-0.25, -0.2) is 15.0 Å². The molecule has 0 bridgehead atoms. The Morgan fingerprint density at radius 1 is 1.15 bits per heavy atom. The lowest BCUT2D eigenvalue weighted by atomic mass is 9.66. The molecule has 1 aliphatic rings. The predicted octanol–water partition coefficient (Wildman–Crippen LogP) is 2.63. The van der Waals surface area contributed by atoms with Gasteiger partial charge in [-0.2, -0.15) is 0 Å². The second kappa shape index (κ2) is 6.80. The highest BCUT2D eigenvalue weighted by Gasteiger charge is 2.39. The van der Waals surface area contributed by atoms with Crippen molar-refractivity contribution < 1.29 is 4.79 Å². The SMILES string of the molecule is NC(=O)c1cnc(-c2cnc(NCC3(c4ccccn4)CCC3)nc2)s1. The number of hydrogen-bond acceptors (Lipinski definition) is 7. The van der Waals surface area contributed by atoms with Crippen molar-refractivity contribution in [3.63, 3.8) is 0 Å². The lowest BCUT2D eigenvalue weighted by molar-refractivity contribution is 0.100. The van der Waals surface area contributed by atoms with Crippen molar-refractivity contribution >= 4 is 23.2 Å². The van der Waals surface area contributed by atoms with Gasteiger partial charge in [-0.15, -0.1) is 11.3 Å². The Labute approximate surface area is 154 Å². The van der Waals surface area contributed by atoms with Gasteiger partial charge in [-0.3, -0.25) is 9.78 Å². The van der Waals surface area contributed by atoms with Crippen molar-refractivity contribution in [3.8, 4) is 10.6 Å². The van der Waals surface area contributed by atoms with E-state index >= 15 is 0 Å². The molecule has 8 heteroatoms. The molecule has 3 aromatic rings. The number of thiazole rings is 1. The molecule has 4 rings (SSSR count). The molecular weight excluding hydrogens is 348 g/mol. The summed E-state index contributed by atoms with van der Waals surface area (Å²) in [7, 11) is 0. The molecule has 26 heavy (non-hydrogen) atoms. The number of amides is 1. The minimum atomic E-state index is -0.478. The Kier molecular flexibility index (Phi) is 4.34. The van der Waals surface area contributed by atoms with E-state index in [9.17, 15) is 4.79 Å². The van der Waals surface area contributed by atoms with E-state index in [1.165, 1.54) is 24.0 Å². The minimum Gasteiger partial charge on any atom is -0.365 e. The Morgan fingerprint density at radius 2 is 1.96 bits per heavy atom. The highest BCUT2D eigenvalue weighted by atomic mass is 32.1. The van der Waals surface area contributed by atoms with Crippen molar-refractivity contribution in [2.24, 2.45) is 5.73 Å². The lowest BCUT2D eigenvalue weighted by Crippen LogP contribution is -2.41. The number of anilines is 1. The van der Waals surface area contributed by atoms with Crippen molar-refractivity contribution in [2.75, 3.05) is 11.9 Å². The molecule has 132 valence electrons. The number of nitrogens with zero attached hydrogens (tertiary/aromatic N) is 4. The molecule has 0 aliphatic heterocycles. The largest absolute Gasteiger partial charge is 0.365 e.